The van der Waals surface area contributed by atoms with Crippen LogP contribution < -0.4 is 4.80 Å². The molecule has 0 saturated heterocycles. The van der Waals surface area contributed by atoms with E-state index in [0.717, 1.165) is 29.8 Å². The van der Waals surface area contributed by atoms with Gasteiger partial charge >= 0.3 is 0 Å². The second kappa shape index (κ2) is 8.61. The van der Waals surface area contributed by atoms with Crippen LogP contribution in [0.2, 0.25) is 0 Å². The van der Waals surface area contributed by atoms with Crippen LogP contribution in [0.25, 0.3) is 0 Å². The van der Waals surface area contributed by atoms with Gasteiger partial charge in [-0.15, -0.1) is 0 Å². The number of hydrogen-bond donors (Lipinski definition) is 3. The summed E-state index contributed by atoms with van der Waals surface area (Å²) in [5.41, 5.74) is 1.32. The molecule has 0 bridgehead atoms. The van der Waals surface area contributed by atoms with E-state index >= 15 is 0 Å². The first-order valence-electron chi connectivity index (χ1n) is 10.3. The molecule has 1 heterocycles. The van der Waals surface area contributed by atoms with Gasteiger partial charge in [0.1, 0.15) is 0 Å². The molecule has 1 aromatic carbocycles. The lowest BCUT2D eigenvalue weighted by Crippen LogP contribution is -2.24. The van der Waals surface area contributed by atoms with E-state index in [0.29, 0.717) is 11.6 Å². The van der Waals surface area contributed by atoms with Crippen molar-refractivity contribution >= 4 is 17.6 Å². The fourth-order valence-electron chi connectivity index (χ4n) is 3.75. The molecule has 1 aliphatic rings. The predicted molar refractivity (Wildman–Crippen MR) is 117 cm³/mol. The molecule has 1 fully saturated rings. The van der Waals surface area contributed by atoms with Gasteiger partial charge in [0.25, 0.3) is 0 Å². The van der Waals surface area contributed by atoms with E-state index in [-0.39, 0.29) is 16.9 Å². The molecule has 0 amide bonds. The zero-order valence-corrected chi connectivity index (χ0v) is 18.5. The van der Waals surface area contributed by atoms with Crippen LogP contribution in [0.15, 0.2) is 22.2 Å². The van der Waals surface area contributed by atoms with Crippen LogP contribution >= 0.6 is 11.3 Å². The standard InChI is InChI=1S/C22H31N3O3S/c1-5-17-20(22(2,3)4)25(21(29-17)24-15-9-7-6-8-10-15)23-13-14-11-12-16(26)19(28)18(14)27/h11-13,15,26-28H,5-10H2,1-4H3/b23-13+,24-21-. The number of rotatable bonds is 4. The van der Waals surface area contributed by atoms with Gasteiger partial charge in [-0.25, -0.2) is 4.68 Å². The topological polar surface area (TPSA) is 90.3 Å². The number of nitrogens with zero attached hydrogens (tertiary/aromatic N) is 3. The lowest BCUT2D eigenvalue weighted by molar-refractivity contribution is 0.367. The van der Waals surface area contributed by atoms with Gasteiger partial charge in [0.2, 0.25) is 10.6 Å². The normalized spacial score (nSPS) is 16.8. The zero-order chi connectivity index (χ0) is 21.2. The lowest BCUT2D eigenvalue weighted by atomic mass is 9.91. The Balaban J connectivity index is 2.13. The van der Waals surface area contributed by atoms with Crippen LogP contribution in [-0.2, 0) is 11.8 Å². The van der Waals surface area contributed by atoms with E-state index in [1.54, 1.807) is 11.3 Å². The number of phenols is 3. The van der Waals surface area contributed by atoms with Crippen molar-refractivity contribution < 1.29 is 15.3 Å². The molecule has 1 aliphatic carbocycles. The number of phenolic OH excluding ortho intramolecular Hbond substituents is 3. The molecule has 1 saturated carbocycles. The van der Waals surface area contributed by atoms with Crippen molar-refractivity contribution in [3.63, 3.8) is 0 Å². The van der Waals surface area contributed by atoms with Gasteiger partial charge in [-0.1, -0.05) is 58.3 Å². The third-order valence-corrected chi connectivity index (χ3v) is 6.43. The predicted octanol–water partition coefficient (Wildman–Crippen LogP) is 4.64. The highest BCUT2D eigenvalue weighted by Crippen LogP contribution is 2.36. The van der Waals surface area contributed by atoms with Crippen LogP contribution in [0.4, 0.5) is 0 Å². The molecule has 0 unspecified atom stereocenters. The van der Waals surface area contributed by atoms with Crippen LogP contribution in [0.5, 0.6) is 17.2 Å². The first kappa shape index (κ1) is 21.4. The number of aryl methyl sites for hydroxylation is 1. The van der Waals surface area contributed by atoms with Crippen LogP contribution in [0.1, 0.15) is 75.9 Å². The Morgan fingerprint density at radius 2 is 1.79 bits per heavy atom. The average molecular weight is 418 g/mol. The number of benzene rings is 1. The molecule has 7 heteroatoms. The van der Waals surface area contributed by atoms with Crippen molar-refractivity contribution in [2.75, 3.05) is 0 Å². The number of aromatic nitrogens is 1. The first-order valence-corrected chi connectivity index (χ1v) is 11.1. The van der Waals surface area contributed by atoms with Gasteiger partial charge in [-0.3, -0.25) is 4.99 Å². The smallest absolute Gasteiger partial charge is 0.206 e. The molecule has 6 nitrogen and oxygen atoms in total. The second-order valence-electron chi connectivity index (χ2n) is 8.61. The van der Waals surface area contributed by atoms with Gasteiger partial charge in [0.15, 0.2) is 11.5 Å². The van der Waals surface area contributed by atoms with Crippen molar-refractivity contribution in [2.24, 2.45) is 10.1 Å². The fourth-order valence-corrected chi connectivity index (χ4v) is 5.04. The molecule has 1 aromatic heterocycles. The highest BCUT2D eigenvalue weighted by molar-refractivity contribution is 7.09. The van der Waals surface area contributed by atoms with E-state index in [4.69, 9.17) is 4.99 Å². The Bertz CT molecular complexity index is 961. The summed E-state index contributed by atoms with van der Waals surface area (Å²) in [5.74, 6) is -1.29. The van der Waals surface area contributed by atoms with Gasteiger partial charge in [0.05, 0.1) is 18.0 Å². The largest absolute Gasteiger partial charge is 0.504 e. The molecular weight excluding hydrogens is 386 g/mol. The molecule has 0 atom stereocenters. The highest BCUT2D eigenvalue weighted by Gasteiger charge is 2.25. The monoisotopic (exact) mass is 417 g/mol. The molecular formula is C22H31N3O3S. The van der Waals surface area contributed by atoms with E-state index in [1.807, 2.05) is 4.68 Å². The van der Waals surface area contributed by atoms with Crippen molar-refractivity contribution in [1.82, 2.24) is 4.68 Å². The summed E-state index contributed by atoms with van der Waals surface area (Å²) in [4.78, 5) is 7.17. The summed E-state index contributed by atoms with van der Waals surface area (Å²) < 4.78 is 1.89. The van der Waals surface area contributed by atoms with E-state index in [1.165, 1.54) is 42.5 Å². The molecule has 0 spiro atoms. The molecule has 0 radical (unpaired) electrons. The molecule has 0 aliphatic heterocycles. The lowest BCUT2D eigenvalue weighted by Gasteiger charge is -2.21. The third-order valence-electron chi connectivity index (χ3n) is 5.24. The summed E-state index contributed by atoms with van der Waals surface area (Å²) in [6.45, 7) is 8.63. The van der Waals surface area contributed by atoms with Crippen LogP contribution in [0, 0.1) is 0 Å². The number of thiazole rings is 1. The highest BCUT2D eigenvalue weighted by atomic mass is 32.1. The average Bonchev–Trinajstić information content (AvgIpc) is 3.04. The Labute approximate surface area is 175 Å². The van der Waals surface area contributed by atoms with E-state index in [2.05, 4.69) is 32.8 Å². The molecule has 29 heavy (non-hydrogen) atoms. The van der Waals surface area contributed by atoms with Crippen molar-refractivity contribution in [2.45, 2.75) is 77.7 Å². The van der Waals surface area contributed by atoms with E-state index < -0.39 is 5.75 Å². The van der Waals surface area contributed by atoms with Gasteiger partial charge < -0.3 is 15.3 Å². The number of hydrogen-bond acceptors (Lipinski definition) is 6. The zero-order valence-electron chi connectivity index (χ0n) is 17.6. The van der Waals surface area contributed by atoms with E-state index in [9.17, 15) is 15.3 Å². The van der Waals surface area contributed by atoms with Crippen LogP contribution in [-0.4, -0.2) is 32.3 Å². The quantitative estimate of drug-likeness (QED) is 0.500. The third kappa shape index (κ3) is 4.66. The second-order valence-corrected chi connectivity index (χ2v) is 9.67. The van der Waals surface area contributed by atoms with Crippen molar-refractivity contribution in [1.29, 1.82) is 0 Å². The summed E-state index contributed by atoms with van der Waals surface area (Å²) >= 11 is 1.68. The van der Waals surface area contributed by atoms with Crippen LogP contribution in [0.3, 0.4) is 0 Å². The molecule has 2 aromatic rings. The summed E-state index contributed by atoms with van der Waals surface area (Å²) in [6.07, 6.45) is 8.35. The maximum atomic E-state index is 10.1. The summed E-state index contributed by atoms with van der Waals surface area (Å²) in [6, 6.07) is 3.19. The minimum absolute atomic E-state index is 0.126. The van der Waals surface area contributed by atoms with Gasteiger partial charge in [0, 0.05) is 15.9 Å². The molecule has 158 valence electrons. The van der Waals surface area contributed by atoms with Gasteiger partial charge in [-0.2, -0.15) is 5.10 Å². The minimum atomic E-state index is -0.540. The maximum absolute atomic E-state index is 10.1. The van der Waals surface area contributed by atoms with Crippen molar-refractivity contribution in [3.8, 4) is 17.2 Å². The fraction of sp³-hybridized carbons (Fsp3) is 0.545. The Hall–Kier alpha value is -2.28. The Morgan fingerprint density at radius 1 is 1.10 bits per heavy atom. The SMILES string of the molecule is CCc1s/c(=N\C2CCCCC2)n(/N=C/c2ccc(O)c(O)c2O)c1C(C)(C)C. The molecule has 3 N–H and O–H groups in total. The first-order chi connectivity index (χ1) is 13.7. The Morgan fingerprint density at radius 3 is 2.41 bits per heavy atom. The maximum Gasteiger partial charge on any atom is 0.206 e. The Kier molecular flexibility index (Phi) is 6.36. The minimum Gasteiger partial charge on any atom is -0.504 e. The molecule has 3 rings (SSSR count). The van der Waals surface area contributed by atoms with Gasteiger partial charge in [-0.05, 0) is 31.4 Å². The van der Waals surface area contributed by atoms with Crippen molar-refractivity contribution in [3.05, 3.63) is 33.1 Å². The summed E-state index contributed by atoms with van der Waals surface area (Å²) in [7, 11) is 0. The summed E-state index contributed by atoms with van der Waals surface area (Å²) in [5, 5.41) is 34.1. The number of aromatic hydroxyl groups is 3.